The Morgan fingerprint density at radius 2 is 1.65 bits per heavy atom. The molecule has 0 bridgehead atoms. The Hall–Kier alpha value is -5.32. The average molecular weight is 548 g/mol. The molecule has 0 aliphatic rings. The number of hydrogen-bond donors (Lipinski definition) is 1. The van der Waals surface area contributed by atoms with Gasteiger partial charge in [-0.15, -0.1) is 0 Å². The average Bonchev–Trinajstić information content (AvgIpc) is 3.41. The molecule has 5 rings (SSSR count). The third-order valence-electron chi connectivity index (χ3n) is 5.74. The molecule has 202 valence electrons. The van der Waals surface area contributed by atoms with Gasteiger partial charge in [0, 0.05) is 12.1 Å². The molecule has 1 amide bonds. The van der Waals surface area contributed by atoms with Gasteiger partial charge in [0.25, 0.3) is 11.6 Å². The molecule has 0 saturated carbocycles. The summed E-state index contributed by atoms with van der Waals surface area (Å²) in [5.74, 6) is -0.134. The monoisotopic (exact) mass is 548 g/mol. The fraction of sp³-hybridized carbons (Fsp3) is 0.0690. The van der Waals surface area contributed by atoms with E-state index >= 15 is 0 Å². The molecule has 0 fully saturated rings. The number of nitrogens with one attached hydrogen (secondary N) is 1. The topological polar surface area (TPSA) is 104 Å². The first-order chi connectivity index (χ1) is 19.1. The number of nitrogens with zero attached hydrogens (tertiary/aromatic N) is 1. The van der Waals surface area contributed by atoms with Crippen LogP contribution in [0.3, 0.4) is 0 Å². The van der Waals surface area contributed by atoms with Crippen LogP contribution in [0.5, 0.6) is 17.2 Å². The maximum Gasteiger partial charge on any atom is 0.416 e. The van der Waals surface area contributed by atoms with Crippen molar-refractivity contribution >= 4 is 28.1 Å². The van der Waals surface area contributed by atoms with E-state index in [-0.39, 0.29) is 29.6 Å². The fourth-order valence-electron chi connectivity index (χ4n) is 3.87. The Balaban J connectivity index is 1.28. The van der Waals surface area contributed by atoms with Crippen LogP contribution in [0.15, 0.2) is 101 Å². The van der Waals surface area contributed by atoms with Crippen molar-refractivity contribution in [2.24, 2.45) is 0 Å². The van der Waals surface area contributed by atoms with Gasteiger partial charge in [-0.05, 0) is 53.2 Å². The highest BCUT2D eigenvalue weighted by atomic mass is 19.4. The van der Waals surface area contributed by atoms with Crippen LogP contribution < -0.4 is 14.8 Å². The lowest BCUT2D eigenvalue weighted by Gasteiger charge is -2.11. The summed E-state index contributed by atoms with van der Waals surface area (Å²) in [5.41, 5.74) is -1.41. The van der Waals surface area contributed by atoms with Gasteiger partial charge in [0.15, 0.2) is 5.76 Å². The van der Waals surface area contributed by atoms with E-state index < -0.39 is 28.3 Å². The van der Waals surface area contributed by atoms with Gasteiger partial charge in [0.05, 0.1) is 22.2 Å². The van der Waals surface area contributed by atoms with Crippen molar-refractivity contribution in [1.82, 2.24) is 0 Å². The minimum absolute atomic E-state index is 0.0217. The predicted octanol–water partition coefficient (Wildman–Crippen LogP) is 7.98. The van der Waals surface area contributed by atoms with Crippen LogP contribution in [0.25, 0.3) is 10.8 Å². The number of benzene rings is 4. The molecule has 1 N–H and O–H groups in total. The molecule has 1 heterocycles. The molecule has 8 nitrogen and oxygen atoms in total. The lowest BCUT2D eigenvalue weighted by Crippen LogP contribution is -2.11. The van der Waals surface area contributed by atoms with Crippen molar-refractivity contribution in [3.63, 3.8) is 0 Å². The van der Waals surface area contributed by atoms with Crippen LogP contribution >= 0.6 is 0 Å². The number of ether oxygens (including phenoxy) is 2. The summed E-state index contributed by atoms with van der Waals surface area (Å²) in [6.07, 6.45) is -4.59. The van der Waals surface area contributed by atoms with E-state index in [0.29, 0.717) is 11.5 Å². The van der Waals surface area contributed by atoms with Crippen LogP contribution in [0.1, 0.15) is 21.9 Å². The van der Waals surface area contributed by atoms with Crippen molar-refractivity contribution in [2.75, 3.05) is 5.32 Å². The molecule has 0 spiro atoms. The van der Waals surface area contributed by atoms with Crippen molar-refractivity contribution in [1.29, 1.82) is 0 Å². The summed E-state index contributed by atoms with van der Waals surface area (Å²) in [7, 11) is 0. The van der Waals surface area contributed by atoms with Crippen molar-refractivity contribution < 1.29 is 36.8 Å². The van der Waals surface area contributed by atoms with Gasteiger partial charge in [0.1, 0.15) is 29.6 Å². The van der Waals surface area contributed by atoms with E-state index in [4.69, 9.17) is 13.9 Å². The first-order valence-electron chi connectivity index (χ1n) is 11.8. The second-order valence-corrected chi connectivity index (χ2v) is 8.62. The van der Waals surface area contributed by atoms with Gasteiger partial charge < -0.3 is 19.2 Å². The quantitative estimate of drug-likeness (QED) is 0.156. The second-order valence-electron chi connectivity index (χ2n) is 8.62. The summed E-state index contributed by atoms with van der Waals surface area (Å²) < 4.78 is 55.9. The molecule has 11 heteroatoms. The van der Waals surface area contributed by atoms with E-state index in [9.17, 15) is 28.1 Å². The zero-order valence-electron chi connectivity index (χ0n) is 20.5. The zero-order chi connectivity index (χ0) is 28.3. The number of hydrogen-bond acceptors (Lipinski definition) is 6. The molecule has 0 unspecified atom stereocenters. The molecule has 0 aliphatic heterocycles. The number of nitro groups is 1. The van der Waals surface area contributed by atoms with E-state index in [1.807, 2.05) is 42.5 Å². The van der Waals surface area contributed by atoms with Gasteiger partial charge in [-0.25, -0.2) is 0 Å². The second kappa shape index (κ2) is 10.8. The van der Waals surface area contributed by atoms with Gasteiger partial charge in [-0.2, -0.15) is 13.2 Å². The molecule has 40 heavy (non-hydrogen) atoms. The number of rotatable bonds is 8. The summed E-state index contributed by atoms with van der Waals surface area (Å²) >= 11 is 0. The van der Waals surface area contributed by atoms with Crippen molar-refractivity contribution in [2.45, 2.75) is 12.8 Å². The molecule has 4 aromatic carbocycles. The van der Waals surface area contributed by atoms with Crippen LogP contribution in [-0.4, -0.2) is 10.8 Å². The lowest BCUT2D eigenvalue weighted by atomic mass is 10.1. The Bertz CT molecular complexity index is 1710. The Morgan fingerprint density at radius 3 is 2.42 bits per heavy atom. The van der Waals surface area contributed by atoms with E-state index in [0.717, 1.165) is 41.1 Å². The summed E-state index contributed by atoms with van der Waals surface area (Å²) in [5, 5.41) is 16.0. The number of halogens is 3. The number of amides is 1. The van der Waals surface area contributed by atoms with Crippen LogP contribution in [0.2, 0.25) is 0 Å². The van der Waals surface area contributed by atoms with Crippen molar-refractivity contribution in [3.05, 3.63) is 124 Å². The maximum atomic E-state index is 13.0. The number of anilines is 1. The minimum Gasteiger partial charge on any atom is -0.486 e. The smallest absolute Gasteiger partial charge is 0.416 e. The third-order valence-corrected chi connectivity index (χ3v) is 5.74. The van der Waals surface area contributed by atoms with Gasteiger partial charge in [-0.3, -0.25) is 14.9 Å². The lowest BCUT2D eigenvalue weighted by molar-refractivity contribution is -0.384. The molecule has 0 atom stereocenters. The number of non-ortho nitro benzene ring substituents is 1. The normalized spacial score (nSPS) is 11.3. The number of carbonyl (C=O) groups is 1. The first-order valence-corrected chi connectivity index (χ1v) is 11.8. The molecule has 0 saturated heterocycles. The van der Waals surface area contributed by atoms with E-state index in [2.05, 4.69) is 5.32 Å². The van der Waals surface area contributed by atoms with E-state index in [1.54, 1.807) is 6.07 Å². The molecule has 0 radical (unpaired) electrons. The predicted molar refractivity (Wildman–Crippen MR) is 140 cm³/mol. The first kappa shape index (κ1) is 26.3. The number of alkyl halides is 3. The number of fused-ring (bicyclic) bond motifs is 1. The van der Waals surface area contributed by atoms with Crippen LogP contribution in [0.4, 0.5) is 24.5 Å². The molecular formula is C29H19F3N2O6. The van der Waals surface area contributed by atoms with Crippen LogP contribution in [-0.2, 0) is 12.8 Å². The Labute approximate surface area is 224 Å². The number of carbonyl (C=O) groups excluding carboxylic acids is 1. The summed E-state index contributed by atoms with van der Waals surface area (Å²) in [4.78, 5) is 23.5. The molecule has 1 aromatic heterocycles. The third kappa shape index (κ3) is 6.21. The largest absolute Gasteiger partial charge is 0.486 e. The minimum atomic E-state index is -4.59. The highest BCUT2D eigenvalue weighted by Gasteiger charge is 2.30. The summed E-state index contributed by atoms with van der Waals surface area (Å²) in [6, 6.07) is 23.8. The highest BCUT2D eigenvalue weighted by molar-refractivity contribution is 6.02. The molecule has 5 aromatic rings. The number of nitro benzene ring substituents is 1. The fourth-order valence-corrected chi connectivity index (χ4v) is 3.87. The summed E-state index contributed by atoms with van der Waals surface area (Å²) in [6.45, 7) is 0.0530. The Morgan fingerprint density at radius 1 is 0.850 bits per heavy atom. The van der Waals surface area contributed by atoms with Gasteiger partial charge in [0.2, 0.25) is 0 Å². The van der Waals surface area contributed by atoms with Gasteiger partial charge >= 0.3 is 6.18 Å². The SMILES string of the molecule is O=C(Nc1cc(Oc2cccc(C(F)(F)F)c2)cc([N+](=O)[O-])c1)c1ccc(COc2ccc3ccccc3c2)o1. The number of furan rings is 1. The molecular weight excluding hydrogens is 529 g/mol. The molecule has 0 aliphatic carbocycles. The standard InChI is InChI=1S/C29H19F3N2O6/c30-29(31,32)20-6-3-7-24(13-20)39-26-15-21(14-22(16-26)34(36)37)33-28(35)27-11-10-25(40-27)17-38-23-9-8-18-4-1-2-5-19(18)12-23/h1-16H,17H2,(H,33,35). The highest BCUT2D eigenvalue weighted by Crippen LogP contribution is 2.34. The zero-order valence-corrected chi connectivity index (χ0v) is 20.5. The Kier molecular flexibility index (Phi) is 7.11. The van der Waals surface area contributed by atoms with Crippen LogP contribution in [0, 0.1) is 10.1 Å². The van der Waals surface area contributed by atoms with E-state index in [1.165, 1.54) is 18.2 Å². The van der Waals surface area contributed by atoms with Crippen molar-refractivity contribution in [3.8, 4) is 17.2 Å². The van der Waals surface area contributed by atoms with Gasteiger partial charge in [-0.1, -0.05) is 36.4 Å². The maximum absolute atomic E-state index is 13.0.